The average molecular weight is 342 g/mol. The molecule has 0 bridgehead atoms. The normalized spacial score (nSPS) is 25.8. The average Bonchev–Trinajstić information content (AvgIpc) is 2.66. The van der Waals surface area contributed by atoms with Gasteiger partial charge in [-0.25, -0.2) is 0 Å². The van der Waals surface area contributed by atoms with Crippen molar-refractivity contribution < 1.29 is 14.3 Å². The number of para-hydroxylation sites is 2. The minimum atomic E-state index is -0.0718. The number of carbonyl (C=O) groups is 2. The number of nitrogens with zero attached hydrogens (tertiary/aromatic N) is 2. The first-order chi connectivity index (χ1) is 12.2. The second-order valence-electron chi connectivity index (χ2n) is 7.48. The van der Waals surface area contributed by atoms with Crippen LogP contribution in [0.3, 0.4) is 0 Å². The van der Waals surface area contributed by atoms with Crippen LogP contribution in [0.4, 0.5) is 5.69 Å². The summed E-state index contributed by atoms with van der Waals surface area (Å²) in [7, 11) is 0. The van der Waals surface area contributed by atoms with E-state index in [2.05, 4.69) is 0 Å². The topological polar surface area (TPSA) is 49.9 Å². The van der Waals surface area contributed by atoms with E-state index in [9.17, 15) is 9.59 Å². The number of hydrogen-bond acceptors (Lipinski definition) is 3. The second kappa shape index (κ2) is 7.06. The maximum Gasteiger partial charge on any atom is 0.265 e. The zero-order valence-corrected chi connectivity index (χ0v) is 14.7. The molecule has 0 unspecified atom stereocenters. The van der Waals surface area contributed by atoms with Crippen molar-refractivity contribution in [3.05, 3.63) is 24.3 Å². The predicted molar refractivity (Wildman–Crippen MR) is 95.6 cm³/mol. The molecule has 134 valence electrons. The third-order valence-corrected chi connectivity index (χ3v) is 6.00. The largest absolute Gasteiger partial charge is 0.482 e. The summed E-state index contributed by atoms with van der Waals surface area (Å²) in [4.78, 5) is 28.6. The maximum atomic E-state index is 12.7. The Balaban J connectivity index is 1.37. The number of benzene rings is 1. The Labute approximate surface area is 148 Å². The minimum Gasteiger partial charge on any atom is -0.482 e. The van der Waals surface area contributed by atoms with Crippen LogP contribution in [0.1, 0.15) is 38.5 Å². The molecule has 5 heteroatoms. The van der Waals surface area contributed by atoms with E-state index in [4.69, 9.17) is 4.74 Å². The van der Waals surface area contributed by atoms with Gasteiger partial charge in [-0.15, -0.1) is 0 Å². The third-order valence-electron chi connectivity index (χ3n) is 6.00. The van der Waals surface area contributed by atoms with Crippen molar-refractivity contribution in [2.45, 2.75) is 38.5 Å². The number of piperidine rings is 1. The Kier molecular flexibility index (Phi) is 4.64. The van der Waals surface area contributed by atoms with Gasteiger partial charge >= 0.3 is 0 Å². The molecule has 5 nitrogen and oxygen atoms in total. The Morgan fingerprint density at radius 1 is 1.12 bits per heavy atom. The summed E-state index contributed by atoms with van der Waals surface area (Å²) in [5, 5.41) is 0. The molecule has 1 aromatic rings. The van der Waals surface area contributed by atoms with Gasteiger partial charge in [0.15, 0.2) is 6.61 Å². The molecule has 0 N–H and O–H groups in total. The SMILES string of the molecule is O=C(CCN1C(=O)COc2ccccc21)N1CC[C@H]2CCCC[C@@H]2C1. The van der Waals surface area contributed by atoms with Gasteiger partial charge in [-0.2, -0.15) is 0 Å². The quantitative estimate of drug-likeness (QED) is 0.849. The lowest BCUT2D eigenvalue weighted by molar-refractivity contribution is -0.134. The Hall–Kier alpha value is -2.04. The van der Waals surface area contributed by atoms with E-state index >= 15 is 0 Å². The molecule has 2 atom stereocenters. The van der Waals surface area contributed by atoms with Crippen LogP contribution in [0.15, 0.2) is 24.3 Å². The summed E-state index contributed by atoms with van der Waals surface area (Å²) < 4.78 is 5.46. The number of anilines is 1. The summed E-state index contributed by atoms with van der Waals surface area (Å²) in [6, 6.07) is 7.53. The molecule has 2 fully saturated rings. The molecule has 4 rings (SSSR count). The van der Waals surface area contributed by atoms with Crippen molar-refractivity contribution in [2.75, 3.05) is 31.1 Å². The van der Waals surface area contributed by atoms with Crippen molar-refractivity contribution in [1.82, 2.24) is 4.90 Å². The molecular formula is C20H26N2O3. The minimum absolute atomic E-state index is 0.0542. The molecule has 2 heterocycles. The summed E-state index contributed by atoms with van der Waals surface area (Å²) in [6.45, 7) is 2.28. The van der Waals surface area contributed by atoms with Gasteiger partial charge in [0.1, 0.15) is 5.75 Å². The Bertz CT molecular complexity index is 660. The lowest BCUT2D eigenvalue weighted by Gasteiger charge is -2.41. The van der Waals surface area contributed by atoms with Crippen LogP contribution in [0.2, 0.25) is 0 Å². The van der Waals surface area contributed by atoms with E-state index in [1.54, 1.807) is 4.90 Å². The molecule has 2 aliphatic heterocycles. The van der Waals surface area contributed by atoms with Gasteiger partial charge in [0.05, 0.1) is 5.69 Å². The van der Waals surface area contributed by atoms with E-state index in [1.807, 2.05) is 29.2 Å². The van der Waals surface area contributed by atoms with Gasteiger partial charge in [-0.05, 0) is 36.8 Å². The fourth-order valence-electron chi connectivity index (χ4n) is 4.59. The van der Waals surface area contributed by atoms with Crippen molar-refractivity contribution >= 4 is 17.5 Å². The molecule has 1 aromatic carbocycles. The highest BCUT2D eigenvalue weighted by molar-refractivity contribution is 5.98. The lowest BCUT2D eigenvalue weighted by atomic mass is 9.75. The van der Waals surface area contributed by atoms with Gasteiger partial charge in [0, 0.05) is 26.1 Å². The molecule has 1 saturated heterocycles. The van der Waals surface area contributed by atoms with Crippen molar-refractivity contribution in [3.63, 3.8) is 0 Å². The van der Waals surface area contributed by atoms with E-state index in [0.29, 0.717) is 18.9 Å². The molecule has 2 amide bonds. The first-order valence-corrected chi connectivity index (χ1v) is 9.52. The molecule has 0 radical (unpaired) electrons. The number of hydrogen-bond donors (Lipinski definition) is 0. The van der Waals surface area contributed by atoms with Crippen molar-refractivity contribution in [1.29, 1.82) is 0 Å². The van der Waals surface area contributed by atoms with Gasteiger partial charge < -0.3 is 14.5 Å². The summed E-state index contributed by atoms with van der Waals surface area (Å²) >= 11 is 0. The highest BCUT2D eigenvalue weighted by Crippen LogP contribution is 2.36. The first-order valence-electron chi connectivity index (χ1n) is 9.52. The summed E-state index contributed by atoms with van der Waals surface area (Å²) in [5.41, 5.74) is 0.775. The smallest absolute Gasteiger partial charge is 0.265 e. The molecule has 25 heavy (non-hydrogen) atoms. The number of likely N-dealkylation sites (tertiary alicyclic amines) is 1. The van der Waals surface area contributed by atoms with Gasteiger partial charge in [-0.1, -0.05) is 31.4 Å². The fourth-order valence-corrected chi connectivity index (χ4v) is 4.59. The van der Waals surface area contributed by atoms with Crippen LogP contribution < -0.4 is 9.64 Å². The zero-order valence-electron chi connectivity index (χ0n) is 14.7. The third kappa shape index (κ3) is 3.37. The number of ether oxygens (including phenoxy) is 1. The number of rotatable bonds is 3. The number of fused-ring (bicyclic) bond motifs is 2. The highest BCUT2D eigenvalue weighted by atomic mass is 16.5. The summed E-state index contributed by atoms with van der Waals surface area (Å²) in [5.74, 6) is 2.35. The van der Waals surface area contributed by atoms with Crippen LogP contribution in [0, 0.1) is 11.8 Å². The summed E-state index contributed by atoms with van der Waals surface area (Å²) in [6.07, 6.45) is 6.80. The molecule has 1 aliphatic carbocycles. The van der Waals surface area contributed by atoms with Crippen LogP contribution in [-0.2, 0) is 9.59 Å². The van der Waals surface area contributed by atoms with E-state index in [-0.39, 0.29) is 18.4 Å². The number of amides is 2. The zero-order chi connectivity index (χ0) is 17.2. The van der Waals surface area contributed by atoms with E-state index < -0.39 is 0 Å². The highest BCUT2D eigenvalue weighted by Gasteiger charge is 2.33. The van der Waals surface area contributed by atoms with Crippen LogP contribution in [-0.4, -0.2) is 43.0 Å². The predicted octanol–water partition coefficient (Wildman–Crippen LogP) is 2.84. The first kappa shape index (κ1) is 16.4. The van der Waals surface area contributed by atoms with E-state index in [0.717, 1.165) is 36.9 Å². The van der Waals surface area contributed by atoms with E-state index in [1.165, 1.54) is 25.7 Å². The molecule has 0 aromatic heterocycles. The van der Waals surface area contributed by atoms with Gasteiger partial charge in [0.25, 0.3) is 5.91 Å². The molecule has 1 saturated carbocycles. The molecule has 0 spiro atoms. The monoisotopic (exact) mass is 342 g/mol. The maximum absolute atomic E-state index is 12.7. The standard InChI is InChI=1S/C20H26N2O3/c23-19(21-11-9-15-5-1-2-6-16(15)13-21)10-12-22-17-7-3-4-8-18(17)25-14-20(22)24/h3-4,7-8,15-16H,1-2,5-6,9-14H2/t15-,16-/m1/s1. The van der Waals surface area contributed by atoms with Crippen molar-refractivity contribution in [3.8, 4) is 5.75 Å². The Morgan fingerprint density at radius 2 is 1.92 bits per heavy atom. The molecule has 3 aliphatic rings. The second-order valence-corrected chi connectivity index (χ2v) is 7.48. The molecular weight excluding hydrogens is 316 g/mol. The van der Waals surface area contributed by atoms with Crippen LogP contribution in [0.25, 0.3) is 0 Å². The van der Waals surface area contributed by atoms with Crippen molar-refractivity contribution in [2.24, 2.45) is 11.8 Å². The fraction of sp³-hybridized carbons (Fsp3) is 0.600. The van der Waals surface area contributed by atoms with Crippen LogP contribution >= 0.6 is 0 Å². The van der Waals surface area contributed by atoms with Gasteiger partial charge in [-0.3, -0.25) is 9.59 Å². The van der Waals surface area contributed by atoms with Crippen LogP contribution in [0.5, 0.6) is 5.75 Å². The number of carbonyl (C=O) groups excluding carboxylic acids is 2. The Morgan fingerprint density at radius 3 is 2.80 bits per heavy atom. The lowest BCUT2D eigenvalue weighted by Crippen LogP contribution is -2.46. The van der Waals surface area contributed by atoms with Gasteiger partial charge in [0.2, 0.25) is 5.91 Å².